The van der Waals surface area contributed by atoms with E-state index in [-0.39, 0.29) is 21.9 Å². The summed E-state index contributed by atoms with van der Waals surface area (Å²) in [4.78, 5) is 48.9. The Labute approximate surface area is 193 Å². The molecule has 0 radical (unpaired) electrons. The molecule has 0 aliphatic heterocycles. The summed E-state index contributed by atoms with van der Waals surface area (Å²) >= 11 is 0.873. The predicted octanol–water partition coefficient (Wildman–Crippen LogP) is 3.72. The highest BCUT2D eigenvalue weighted by atomic mass is 32.1. The molecule has 174 valence electrons. The summed E-state index contributed by atoms with van der Waals surface area (Å²) in [5.41, 5.74) is 3.83. The van der Waals surface area contributed by atoms with Gasteiger partial charge < -0.3 is 23.9 Å². The normalized spacial score (nSPS) is 10.7. The Balaban J connectivity index is 1.67. The van der Waals surface area contributed by atoms with Gasteiger partial charge in [-0.2, -0.15) is 0 Å². The van der Waals surface area contributed by atoms with Crippen LogP contribution in [0.15, 0.2) is 22.8 Å². The molecule has 9 nitrogen and oxygen atoms in total. The fraction of sp³-hybridized carbons (Fsp3) is 0.304. The third-order valence-electron chi connectivity index (χ3n) is 5.13. The smallest absolute Gasteiger partial charge is 0.348 e. The highest BCUT2D eigenvalue weighted by Gasteiger charge is 2.27. The fourth-order valence-electron chi connectivity index (χ4n) is 3.23. The van der Waals surface area contributed by atoms with Crippen molar-refractivity contribution in [3.05, 3.63) is 51.1 Å². The molecule has 0 saturated heterocycles. The van der Waals surface area contributed by atoms with Crippen LogP contribution in [0, 0.1) is 20.8 Å². The number of methoxy groups -OCH3 is 2. The molecule has 3 rings (SSSR count). The second-order valence-corrected chi connectivity index (χ2v) is 8.34. The zero-order valence-corrected chi connectivity index (χ0v) is 19.6. The van der Waals surface area contributed by atoms with Gasteiger partial charge >= 0.3 is 17.9 Å². The first kappa shape index (κ1) is 24.0. The Hall–Kier alpha value is -3.66. The van der Waals surface area contributed by atoms with E-state index in [2.05, 4.69) is 5.32 Å². The van der Waals surface area contributed by atoms with Gasteiger partial charge in [0.15, 0.2) is 6.61 Å². The van der Waals surface area contributed by atoms with Crippen LogP contribution in [0.2, 0.25) is 0 Å². The number of fused-ring (bicyclic) bond motifs is 1. The van der Waals surface area contributed by atoms with E-state index in [9.17, 15) is 19.2 Å². The van der Waals surface area contributed by atoms with Crippen molar-refractivity contribution in [1.29, 1.82) is 0 Å². The number of aryl methyl sites for hydroxylation is 2. The van der Waals surface area contributed by atoms with E-state index in [1.807, 2.05) is 26.0 Å². The number of hydrogen-bond donors (Lipinski definition) is 1. The minimum atomic E-state index is -0.719. The van der Waals surface area contributed by atoms with E-state index in [0.29, 0.717) is 16.7 Å². The second-order valence-electron chi connectivity index (χ2n) is 7.32. The van der Waals surface area contributed by atoms with Crippen molar-refractivity contribution >= 4 is 51.1 Å². The van der Waals surface area contributed by atoms with Crippen molar-refractivity contribution in [3.63, 3.8) is 0 Å². The summed E-state index contributed by atoms with van der Waals surface area (Å²) in [6.45, 7) is 4.91. The summed E-state index contributed by atoms with van der Waals surface area (Å²) in [5.74, 6) is -2.65. The molecule has 1 amide bonds. The van der Waals surface area contributed by atoms with E-state index in [0.717, 1.165) is 27.8 Å². The molecule has 10 heteroatoms. The monoisotopic (exact) mass is 473 g/mol. The lowest BCUT2D eigenvalue weighted by molar-refractivity contribution is -0.146. The van der Waals surface area contributed by atoms with E-state index < -0.39 is 30.4 Å². The van der Waals surface area contributed by atoms with Crippen LogP contribution >= 0.6 is 11.3 Å². The number of thiophene rings is 1. The van der Waals surface area contributed by atoms with Gasteiger partial charge in [0.05, 0.1) is 32.5 Å². The number of anilines is 1. The summed E-state index contributed by atoms with van der Waals surface area (Å²) < 4.78 is 20.1. The summed E-state index contributed by atoms with van der Waals surface area (Å²) in [7, 11) is 2.40. The third-order valence-corrected chi connectivity index (χ3v) is 6.32. The number of rotatable bonds is 7. The number of ether oxygens (including phenoxy) is 3. The molecule has 2 aromatic heterocycles. The number of esters is 3. The lowest BCUT2D eigenvalue weighted by atomic mass is 10.0. The molecular weight excluding hydrogens is 450 g/mol. The van der Waals surface area contributed by atoms with Gasteiger partial charge in [-0.05, 0) is 49.6 Å². The molecule has 0 unspecified atom stereocenters. The van der Waals surface area contributed by atoms with Gasteiger partial charge in [0.1, 0.15) is 15.5 Å². The summed E-state index contributed by atoms with van der Waals surface area (Å²) in [5, 5.41) is 3.41. The molecule has 1 aromatic carbocycles. The number of carbonyl (C=O) groups excluding carboxylic acids is 4. The van der Waals surface area contributed by atoms with Crippen LogP contribution in [-0.4, -0.2) is 44.6 Å². The van der Waals surface area contributed by atoms with E-state index in [1.54, 1.807) is 6.92 Å². The minimum absolute atomic E-state index is 0.0399. The van der Waals surface area contributed by atoms with Gasteiger partial charge in [0.2, 0.25) is 0 Å². The second kappa shape index (κ2) is 9.86. The summed E-state index contributed by atoms with van der Waals surface area (Å²) in [6.07, 6.45) is 1.43. The minimum Gasteiger partial charge on any atom is -0.465 e. The molecule has 0 saturated carbocycles. The molecular formula is C23H23NO8S. The maximum absolute atomic E-state index is 12.4. The van der Waals surface area contributed by atoms with Crippen LogP contribution in [0.5, 0.6) is 0 Å². The molecule has 0 spiro atoms. The van der Waals surface area contributed by atoms with E-state index in [4.69, 9.17) is 18.6 Å². The maximum atomic E-state index is 12.4. The number of benzene rings is 1. The average molecular weight is 474 g/mol. The average Bonchev–Trinajstić information content (AvgIpc) is 3.31. The molecule has 0 atom stereocenters. The highest BCUT2D eigenvalue weighted by Crippen LogP contribution is 2.34. The number of nitrogens with one attached hydrogen (secondary N) is 1. The molecule has 0 fully saturated rings. The Morgan fingerprint density at radius 2 is 1.67 bits per heavy atom. The van der Waals surface area contributed by atoms with Crippen molar-refractivity contribution in [3.8, 4) is 0 Å². The third kappa shape index (κ3) is 5.06. The van der Waals surface area contributed by atoms with Gasteiger partial charge in [0.25, 0.3) is 5.91 Å². The van der Waals surface area contributed by atoms with E-state index in [1.165, 1.54) is 20.5 Å². The topological polar surface area (TPSA) is 121 Å². The van der Waals surface area contributed by atoms with E-state index >= 15 is 0 Å². The Bertz CT molecular complexity index is 1250. The van der Waals surface area contributed by atoms with Gasteiger partial charge in [0, 0.05) is 10.9 Å². The van der Waals surface area contributed by atoms with Crippen molar-refractivity contribution in [2.75, 3.05) is 26.1 Å². The van der Waals surface area contributed by atoms with Gasteiger partial charge in [-0.25, -0.2) is 9.59 Å². The fourth-order valence-corrected chi connectivity index (χ4v) is 4.35. The maximum Gasteiger partial charge on any atom is 0.348 e. The number of amides is 1. The van der Waals surface area contributed by atoms with Crippen molar-refractivity contribution < 1.29 is 37.8 Å². The first-order chi connectivity index (χ1) is 15.7. The predicted molar refractivity (Wildman–Crippen MR) is 121 cm³/mol. The Morgan fingerprint density at radius 1 is 1.00 bits per heavy atom. The highest BCUT2D eigenvalue weighted by molar-refractivity contribution is 7.18. The van der Waals surface area contributed by atoms with Crippen molar-refractivity contribution in [1.82, 2.24) is 0 Å². The van der Waals surface area contributed by atoms with Crippen molar-refractivity contribution in [2.45, 2.75) is 27.2 Å². The Morgan fingerprint density at radius 3 is 2.33 bits per heavy atom. The van der Waals surface area contributed by atoms with Crippen LogP contribution < -0.4 is 5.32 Å². The van der Waals surface area contributed by atoms with Crippen LogP contribution in [-0.2, 0) is 30.2 Å². The quantitative estimate of drug-likeness (QED) is 0.407. The Kier molecular flexibility index (Phi) is 7.17. The molecule has 2 heterocycles. The standard InChI is InChI=1S/C23H23NO8S/c1-11-6-15-14(9-31-16(15)7-12(11)2)8-18(26)32-10-17(25)24-21-19(22(27)29-4)13(3)20(33-21)23(28)30-5/h6-7,9H,8,10H2,1-5H3,(H,24,25). The van der Waals surface area contributed by atoms with Crippen LogP contribution in [0.4, 0.5) is 5.00 Å². The molecule has 3 aromatic rings. The molecule has 0 bridgehead atoms. The number of carbonyl (C=O) groups is 4. The van der Waals surface area contributed by atoms with Gasteiger partial charge in [-0.15, -0.1) is 11.3 Å². The number of furan rings is 1. The zero-order chi connectivity index (χ0) is 24.3. The first-order valence-electron chi connectivity index (χ1n) is 9.89. The van der Waals surface area contributed by atoms with Gasteiger partial charge in [-0.1, -0.05) is 0 Å². The SMILES string of the molecule is COC(=O)c1sc(NC(=O)COC(=O)Cc2coc3cc(C)c(C)cc23)c(C(=O)OC)c1C. The van der Waals surface area contributed by atoms with Crippen LogP contribution in [0.25, 0.3) is 11.0 Å². The number of hydrogen-bond acceptors (Lipinski definition) is 9. The largest absolute Gasteiger partial charge is 0.465 e. The van der Waals surface area contributed by atoms with Gasteiger partial charge in [-0.3, -0.25) is 9.59 Å². The molecule has 0 aliphatic carbocycles. The summed E-state index contributed by atoms with van der Waals surface area (Å²) in [6, 6.07) is 3.84. The molecule has 1 N–H and O–H groups in total. The lowest BCUT2D eigenvalue weighted by Gasteiger charge is -2.07. The lowest BCUT2D eigenvalue weighted by Crippen LogP contribution is -2.22. The van der Waals surface area contributed by atoms with Crippen LogP contribution in [0.1, 0.15) is 42.3 Å². The van der Waals surface area contributed by atoms with Crippen molar-refractivity contribution in [2.24, 2.45) is 0 Å². The first-order valence-corrected chi connectivity index (χ1v) is 10.7. The molecule has 0 aliphatic rings. The molecule has 33 heavy (non-hydrogen) atoms. The zero-order valence-electron chi connectivity index (χ0n) is 18.8. The van der Waals surface area contributed by atoms with Crippen LogP contribution in [0.3, 0.4) is 0 Å².